The molecule has 1 amide bonds. The number of carbonyl (C=O) groups excluding carboxylic acids is 1. The van der Waals surface area contributed by atoms with Crippen molar-refractivity contribution in [3.8, 4) is 18.2 Å². The lowest BCUT2D eigenvalue weighted by molar-refractivity contribution is -0.171. The van der Waals surface area contributed by atoms with E-state index in [1.54, 1.807) is 13.8 Å². The Labute approximate surface area is 240 Å². The number of hydrogen-bond acceptors (Lipinski definition) is 10. The van der Waals surface area contributed by atoms with Gasteiger partial charge in [-0.15, -0.1) is 6.42 Å². The molecule has 2 N–H and O–H groups in total. The summed E-state index contributed by atoms with van der Waals surface area (Å²) in [6.07, 6.45) is 9.98. The number of terminal acetylenes is 1. The molecule has 2 fully saturated rings. The average molecular weight is 585 g/mol. The second-order valence-corrected chi connectivity index (χ2v) is 11.9. The van der Waals surface area contributed by atoms with E-state index in [9.17, 15) is 4.79 Å². The first kappa shape index (κ1) is 28.9. The topological polar surface area (TPSA) is 125 Å². The van der Waals surface area contributed by atoms with Crippen LogP contribution in [0.4, 0.5) is 8.78 Å². The molecule has 0 saturated carbocycles. The Hall–Kier alpha value is -3.60. The second kappa shape index (κ2) is 11.3. The maximum atomic E-state index is 15.4. The molecule has 0 aliphatic carbocycles. The highest BCUT2D eigenvalue weighted by atomic mass is 32.2. The number of amides is 1. The van der Waals surface area contributed by atoms with Crippen molar-refractivity contribution in [2.75, 3.05) is 33.0 Å². The summed E-state index contributed by atoms with van der Waals surface area (Å²) < 4.78 is 45.9. The molecule has 5 rings (SSSR count). The van der Waals surface area contributed by atoms with E-state index in [2.05, 4.69) is 25.9 Å². The maximum Gasteiger partial charge on any atom is 0.240 e. The van der Waals surface area contributed by atoms with Gasteiger partial charge in [-0.2, -0.15) is 4.39 Å². The van der Waals surface area contributed by atoms with Crippen LogP contribution in [0.3, 0.4) is 0 Å². The van der Waals surface area contributed by atoms with Gasteiger partial charge >= 0.3 is 0 Å². The van der Waals surface area contributed by atoms with Crippen LogP contribution >= 0.6 is 11.8 Å². The van der Waals surface area contributed by atoms with Crippen LogP contribution in [0.2, 0.25) is 0 Å². The molecule has 13 heteroatoms. The monoisotopic (exact) mass is 584 g/mol. The van der Waals surface area contributed by atoms with Crippen LogP contribution in [0.15, 0.2) is 29.6 Å². The molecule has 10 nitrogen and oxygen atoms in total. The fourth-order valence-corrected chi connectivity index (χ4v) is 6.71. The summed E-state index contributed by atoms with van der Waals surface area (Å²) in [4.78, 5) is 32.5. The van der Waals surface area contributed by atoms with Gasteiger partial charge in [0.1, 0.15) is 10.4 Å². The summed E-state index contributed by atoms with van der Waals surface area (Å²) in [6.45, 7) is 6.87. The van der Waals surface area contributed by atoms with Gasteiger partial charge in [0, 0.05) is 17.7 Å². The minimum absolute atomic E-state index is 0.00569. The van der Waals surface area contributed by atoms with E-state index in [4.69, 9.17) is 26.4 Å². The second-order valence-electron chi connectivity index (χ2n) is 10.5. The smallest absolute Gasteiger partial charge is 0.240 e. The van der Waals surface area contributed by atoms with E-state index in [-0.39, 0.29) is 52.5 Å². The van der Waals surface area contributed by atoms with Crippen LogP contribution in [-0.4, -0.2) is 80.8 Å². The van der Waals surface area contributed by atoms with Crippen molar-refractivity contribution in [1.29, 1.82) is 0 Å². The number of halogens is 2. The van der Waals surface area contributed by atoms with Gasteiger partial charge in [0.05, 0.1) is 56.4 Å². The summed E-state index contributed by atoms with van der Waals surface area (Å²) in [5.41, 5.74) is 5.31. The molecule has 0 aromatic carbocycles. The summed E-state index contributed by atoms with van der Waals surface area (Å²) in [7, 11) is 0. The number of fused-ring (bicyclic) bond motifs is 2. The van der Waals surface area contributed by atoms with Gasteiger partial charge in [0.15, 0.2) is 17.6 Å². The lowest BCUT2D eigenvalue weighted by atomic mass is 9.73. The zero-order valence-corrected chi connectivity index (χ0v) is 23.7. The van der Waals surface area contributed by atoms with E-state index in [0.717, 1.165) is 11.8 Å². The van der Waals surface area contributed by atoms with Crippen molar-refractivity contribution >= 4 is 34.7 Å². The van der Waals surface area contributed by atoms with Gasteiger partial charge in [-0.25, -0.2) is 19.3 Å². The van der Waals surface area contributed by atoms with Crippen LogP contribution in [0.1, 0.15) is 37.6 Å². The number of morpholine rings is 2. The highest BCUT2D eigenvalue weighted by Crippen LogP contribution is 2.51. The summed E-state index contributed by atoms with van der Waals surface area (Å²) in [5, 5.41) is 0.144. The number of thioether (sulfide) groups is 1. The number of amidine groups is 1. The number of rotatable bonds is 6. The summed E-state index contributed by atoms with van der Waals surface area (Å²) in [6, 6.07) is 1.02. The highest BCUT2D eigenvalue weighted by Gasteiger charge is 2.57. The molecule has 2 aromatic rings. The average Bonchev–Trinajstić information content (AvgIpc) is 2.95. The van der Waals surface area contributed by atoms with Crippen LogP contribution in [0.25, 0.3) is 11.9 Å². The molecule has 0 radical (unpaired) electrons. The number of aliphatic imine (C=N–C) groups is 1. The Kier molecular flexibility index (Phi) is 8.00. The number of hydrogen-bond donors (Lipinski definition) is 1. The van der Waals surface area contributed by atoms with Crippen molar-refractivity contribution in [2.45, 2.75) is 43.1 Å². The molecule has 2 saturated heterocycles. The number of nitrogens with zero attached hydrogens (tertiary/aromatic N) is 5. The molecule has 3 aliphatic rings. The van der Waals surface area contributed by atoms with E-state index in [1.807, 2.05) is 11.8 Å². The standard InChI is InChI=1S/C28H30F2N6O4S/c1-5-6-40-23-11-32-22(10-33-23)21(29)8-17-7-20(24(30)34-9-17)27(3)16(2)28(4,41-26(31)35-27)25(37)36-18-12-38-14-19(36)15-39-13-18/h1,7-11,16,18-19H,6,12-15H2,2-4H3,(H2,31,35)/b21-8-/t16-,18-,19-,27-,28-/m0/s1. The quantitative estimate of drug-likeness (QED) is 0.403. The molecule has 216 valence electrons. The van der Waals surface area contributed by atoms with Gasteiger partial charge in [0.25, 0.3) is 0 Å². The van der Waals surface area contributed by atoms with Crippen molar-refractivity contribution in [3.63, 3.8) is 0 Å². The lowest BCUT2D eigenvalue weighted by Gasteiger charge is -2.52. The third-order valence-electron chi connectivity index (χ3n) is 7.89. The molecule has 2 bridgehead atoms. The fraction of sp³-hybridized carbons (Fsp3) is 0.464. The minimum atomic E-state index is -1.29. The molecule has 5 heterocycles. The Balaban J connectivity index is 1.46. The van der Waals surface area contributed by atoms with E-state index in [1.165, 1.54) is 30.7 Å². The van der Waals surface area contributed by atoms with Crippen LogP contribution in [-0.2, 0) is 19.8 Å². The lowest BCUT2D eigenvalue weighted by Crippen LogP contribution is -2.67. The van der Waals surface area contributed by atoms with Gasteiger partial charge in [0.2, 0.25) is 17.7 Å². The van der Waals surface area contributed by atoms with Gasteiger partial charge < -0.3 is 24.8 Å². The molecule has 2 aromatic heterocycles. The van der Waals surface area contributed by atoms with Gasteiger partial charge in [-0.05, 0) is 31.6 Å². The number of aromatic nitrogens is 3. The summed E-state index contributed by atoms with van der Waals surface area (Å²) >= 11 is 1.16. The molecular formula is C28H30F2N6O4S. The predicted molar refractivity (Wildman–Crippen MR) is 150 cm³/mol. The number of carbonyl (C=O) groups is 1. The fourth-order valence-electron chi connectivity index (χ4n) is 5.44. The molecule has 41 heavy (non-hydrogen) atoms. The zero-order valence-electron chi connectivity index (χ0n) is 22.8. The molecule has 3 aliphatic heterocycles. The Bertz CT molecular complexity index is 1410. The first-order valence-corrected chi connectivity index (χ1v) is 13.8. The molecule has 0 spiro atoms. The van der Waals surface area contributed by atoms with Gasteiger partial charge in [-0.3, -0.25) is 9.79 Å². The Morgan fingerprint density at radius 2 is 1.90 bits per heavy atom. The predicted octanol–water partition coefficient (Wildman–Crippen LogP) is 2.79. The Morgan fingerprint density at radius 1 is 1.22 bits per heavy atom. The SMILES string of the molecule is C#CCOc1cnc(/C(F)=C/c2cnc(F)c([C@@]3(C)N=C(N)S[C@](C)(C(=O)N4[C@H]5COC[C@H]4COC5)[C@H]3C)c2)cn1. The third kappa shape index (κ3) is 5.39. The van der Waals surface area contributed by atoms with Crippen molar-refractivity contribution in [3.05, 3.63) is 47.4 Å². The molecule has 0 unspecified atom stereocenters. The number of pyridine rings is 1. The minimum Gasteiger partial charge on any atom is -0.463 e. The normalized spacial score (nSPS) is 29.9. The maximum absolute atomic E-state index is 15.4. The van der Waals surface area contributed by atoms with Crippen LogP contribution in [0.5, 0.6) is 5.88 Å². The van der Waals surface area contributed by atoms with E-state index < -0.39 is 28.0 Å². The van der Waals surface area contributed by atoms with E-state index in [0.29, 0.717) is 26.4 Å². The van der Waals surface area contributed by atoms with Crippen LogP contribution in [0, 0.1) is 24.2 Å². The highest BCUT2D eigenvalue weighted by molar-refractivity contribution is 8.15. The largest absolute Gasteiger partial charge is 0.463 e. The van der Waals surface area contributed by atoms with Gasteiger partial charge in [-0.1, -0.05) is 24.6 Å². The van der Waals surface area contributed by atoms with E-state index >= 15 is 8.78 Å². The zero-order chi connectivity index (χ0) is 29.4. The molecular weight excluding hydrogens is 554 g/mol. The van der Waals surface area contributed by atoms with Crippen molar-refractivity contribution in [2.24, 2.45) is 16.6 Å². The van der Waals surface area contributed by atoms with Crippen LogP contribution < -0.4 is 10.5 Å². The molecule has 3 atom stereocenters. The number of nitrogens with two attached hydrogens (primary N) is 1. The van der Waals surface area contributed by atoms with Crippen molar-refractivity contribution < 1.29 is 27.8 Å². The number of ether oxygens (including phenoxy) is 3. The van der Waals surface area contributed by atoms with Crippen molar-refractivity contribution in [1.82, 2.24) is 19.9 Å². The Morgan fingerprint density at radius 3 is 2.51 bits per heavy atom. The summed E-state index contributed by atoms with van der Waals surface area (Å²) in [5.74, 6) is 0.281. The third-order valence-corrected chi connectivity index (χ3v) is 9.14. The first-order valence-electron chi connectivity index (χ1n) is 13.0. The first-order chi connectivity index (χ1) is 19.6.